The fraction of sp³-hybridized carbons (Fsp3) is 0.921. The maximum atomic E-state index is 3.73. The van der Waals surface area contributed by atoms with Crippen molar-refractivity contribution in [3.63, 3.8) is 0 Å². The van der Waals surface area contributed by atoms with Gasteiger partial charge in [0.1, 0.15) is 12.4 Å². The lowest BCUT2D eigenvalue weighted by molar-refractivity contribution is -0.727. The van der Waals surface area contributed by atoms with Crippen LogP contribution in [0.25, 0.3) is 0 Å². The molecular weight excluding hydrogens is 484 g/mol. The van der Waals surface area contributed by atoms with E-state index in [0.29, 0.717) is 12.0 Å². The van der Waals surface area contributed by atoms with E-state index in [-0.39, 0.29) is 0 Å². The molecule has 1 heterocycles. The lowest BCUT2D eigenvalue weighted by atomic mass is 9.93. The van der Waals surface area contributed by atoms with Crippen LogP contribution < -0.4 is 4.57 Å². The van der Waals surface area contributed by atoms with Crippen molar-refractivity contribution in [2.75, 3.05) is 0 Å². The molecule has 0 aliphatic rings. The largest absolute Gasteiger partial charge is 0.257 e. The molecule has 1 aromatic heterocycles. The zero-order chi connectivity index (χ0) is 28.9. The number of hydrogen-bond acceptors (Lipinski definition) is 0. The van der Waals surface area contributed by atoms with Crippen molar-refractivity contribution in [1.82, 2.24) is 4.98 Å². The third-order valence-electron chi connectivity index (χ3n) is 9.39. The summed E-state index contributed by atoms with van der Waals surface area (Å²) in [6.07, 6.45) is 45.7. The van der Waals surface area contributed by atoms with Crippen LogP contribution in [-0.2, 0) is 0 Å². The summed E-state index contributed by atoms with van der Waals surface area (Å²) in [5, 5.41) is 0. The molecule has 0 bridgehead atoms. The Balaban J connectivity index is 2.36. The Morgan fingerprint density at radius 1 is 0.475 bits per heavy atom. The van der Waals surface area contributed by atoms with Gasteiger partial charge in [0.15, 0.2) is 0 Å². The molecule has 1 rings (SSSR count). The Morgan fingerprint density at radius 2 is 0.800 bits per heavy atom. The third-order valence-corrected chi connectivity index (χ3v) is 9.39. The second kappa shape index (κ2) is 28.3. The first kappa shape index (κ1) is 37.2. The zero-order valence-electron chi connectivity index (χ0n) is 28.3. The quantitative estimate of drug-likeness (QED) is 0.0689. The third kappa shape index (κ3) is 20.1. The first-order valence-corrected chi connectivity index (χ1v) is 18.8. The summed E-state index contributed by atoms with van der Waals surface area (Å²) >= 11 is 0. The highest BCUT2D eigenvalue weighted by Crippen LogP contribution is 2.27. The molecule has 0 aromatic carbocycles. The highest BCUT2D eigenvalue weighted by molar-refractivity contribution is 4.90. The molecule has 0 radical (unpaired) electrons. The maximum Gasteiger partial charge on any atom is 0.257 e. The predicted octanol–water partition coefficient (Wildman–Crippen LogP) is 13.3. The van der Waals surface area contributed by atoms with Crippen LogP contribution >= 0.6 is 0 Å². The van der Waals surface area contributed by atoms with Crippen molar-refractivity contribution in [3.05, 3.63) is 18.2 Å². The van der Waals surface area contributed by atoms with Crippen molar-refractivity contribution in [3.8, 4) is 0 Å². The first-order chi connectivity index (χ1) is 19.7. The number of unbranched alkanes of at least 4 members (excludes halogenated alkanes) is 23. The predicted molar refractivity (Wildman–Crippen MR) is 179 cm³/mol. The molecule has 0 saturated carbocycles. The van der Waals surface area contributed by atoms with Gasteiger partial charge in [0.2, 0.25) is 0 Å². The van der Waals surface area contributed by atoms with Gasteiger partial charge in [-0.15, -0.1) is 0 Å². The molecular formula is C38H75N2+. The maximum absolute atomic E-state index is 3.73. The van der Waals surface area contributed by atoms with Crippen LogP contribution in [0.1, 0.15) is 232 Å². The van der Waals surface area contributed by atoms with Crippen LogP contribution in [0.4, 0.5) is 0 Å². The van der Waals surface area contributed by atoms with Gasteiger partial charge in [-0.3, -0.25) is 0 Å². The van der Waals surface area contributed by atoms with E-state index in [1.807, 2.05) is 0 Å². The van der Waals surface area contributed by atoms with Crippen LogP contribution in [0.5, 0.6) is 0 Å². The minimum Gasteiger partial charge on any atom is -0.247 e. The van der Waals surface area contributed by atoms with Crippen molar-refractivity contribution >= 4 is 0 Å². The Labute approximate surface area is 253 Å². The van der Waals surface area contributed by atoms with Crippen LogP contribution in [0, 0.1) is 0 Å². The van der Waals surface area contributed by atoms with Gasteiger partial charge >= 0.3 is 0 Å². The summed E-state index contributed by atoms with van der Waals surface area (Å²) in [5.41, 5.74) is 0. The Kier molecular flexibility index (Phi) is 26.4. The summed E-state index contributed by atoms with van der Waals surface area (Å²) in [6.45, 7) is 9.41. The minimum atomic E-state index is 0.621. The summed E-state index contributed by atoms with van der Waals surface area (Å²) in [5.74, 6) is 2.24. The Bertz CT molecular complexity index is 621. The van der Waals surface area contributed by atoms with E-state index in [9.17, 15) is 0 Å². The molecule has 0 saturated heterocycles. The second-order valence-corrected chi connectivity index (χ2v) is 13.3. The summed E-state index contributed by atoms with van der Waals surface area (Å²) in [7, 11) is 0. The van der Waals surface area contributed by atoms with Crippen molar-refractivity contribution < 1.29 is 4.57 Å². The van der Waals surface area contributed by atoms with Gasteiger partial charge in [0.05, 0.1) is 12.0 Å². The number of hydrogen-bond donors (Lipinski definition) is 1. The minimum absolute atomic E-state index is 0.621. The van der Waals surface area contributed by atoms with E-state index in [4.69, 9.17) is 0 Å². The van der Waals surface area contributed by atoms with Crippen LogP contribution in [-0.4, -0.2) is 4.98 Å². The topological polar surface area (TPSA) is 19.7 Å². The fourth-order valence-corrected chi connectivity index (χ4v) is 6.60. The van der Waals surface area contributed by atoms with Gasteiger partial charge in [-0.1, -0.05) is 181 Å². The number of imidazole rings is 1. The van der Waals surface area contributed by atoms with E-state index in [1.54, 1.807) is 0 Å². The normalized spacial score (nSPS) is 13.2. The molecule has 1 aromatic rings. The molecule has 2 atom stereocenters. The van der Waals surface area contributed by atoms with E-state index < -0.39 is 0 Å². The van der Waals surface area contributed by atoms with Gasteiger partial charge in [0.25, 0.3) is 5.82 Å². The summed E-state index contributed by atoms with van der Waals surface area (Å²) in [6, 6.07) is 0.621. The molecule has 0 aliphatic carbocycles. The number of aromatic nitrogens is 2. The average Bonchev–Trinajstić information content (AvgIpc) is 3.45. The van der Waals surface area contributed by atoms with Crippen LogP contribution in [0.2, 0.25) is 0 Å². The van der Waals surface area contributed by atoms with Crippen LogP contribution in [0.15, 0.2) is 12.4 Å². The van der Waals surface area contributed by atoms with Crippen molar-refractivity contribution in [2.24, 2.45) is 0 Å². The molecule has 1 N–H and O–H groups in total. The molecule has 40 heavy (non-hydrogen) atoms. The molecule has 0 spiro atoms. The van der Waals surface area contributed by atoms with Crippen LogP contribution in [0.3, 0.4) is 0 Å². The van der Waals surface area contributed by atoms with Gasteiger partial charge < -0.3 is 0 Å². The number of H-pyrrole nitrogens is 1. The fourth-order valence-electron chi connectivity index (χ4n) is 6.60. The van der Waals surface area contributed by atoms with E-state index in [0.717, 1.165) is 0 Å². The van der Waals surface area contributed by atoms with E-state index in [2.05, 4.69) is 49.6 Å². The Morgan fingerprint density at radius 3 is 1.18 bits per heavy atom. The SMILES string of the molecule is CCCCCCCCCCCCCCCC(CCCCCCC)c1[nH]cc[n+]1C(C)CCCCCCCCCC. The van der Waals surface area contributed by atoms with Gasteiger partial charge in [-0.25, -0.2) is 9.55 Å². The molecule has 2 unspecified atom stereocenters. The van der Waals surface area contributed by atoms with E-state index in [1.165, 1.54) is 192 Å². The zero-order valence-corrected chi connectivity index (χ0v) is 28.3. The number of nitrogens with one attached hydrogen (secondary N) is 1. The monoisotopic (exact) mass is 560 g/mol. The van der Waals surface area contributed by atoms with Crippen molar-refractivity contribution in [2.45, 2.75) is 226 Å². The van der Waals surface area contributed by atoms with Gasteiger partial charge in [-0.05, 0) is 32.6 Å². The number of rotatable bonds is 31. The smallest absolute Gasteiger partial charge is 0.247 e. The highest BCUT2D eigenvalue weighted by Gasteiger charge is 2.25. The summed E-state index contributed by atoms with van der Waals surface area (Å²) in [4.78, 5) is 3.73. The summed E-state index contributed by atoms with van der Waals surface area (Å²) < 4.78 is 2.63. The average molecular weight is 560 g/mol. The molecule has 0 aliphatic heterocycles. The molecule has 2 heteroatoms. The van der Waals surface area contributed by atoms with Gasteiger partial charge in [-0.2, -0.15) is 0 Å². The molecule has 0 fully saturated rings. The number of aromatic amines is 1. The molecule has 236 valence electrons. The molecule has 0 amide bonds. The Hall–Kier alpha value is -0.790. The first-order valence-electron chi connectivity index (χ1n) is 18.8. The lowest BCUT2D eigenvalue weighted by Gasteiger charge is -2.17. The van der Waals surface area contributed by atoms with Crippen molar-refractivity contribution in [1.29, 1.82) is 0 Å². The number of nitrogens with zero attached hydrogens (tertiary/aromatic N) is 1. The second-order valence-electron chi connectivity index (χ2n) is 13.3. The molecule has 2 nitrogen and oxygen atoms in total. The highest BCUT2D eigenvalue weighted by atomic mass is 15.1. The van der Waals surface area contributed by atoms with Gasteiger partial charge in [0, 0.05) is 0 Å². The van der Waals surface area contributed by atoms with E-state index >= 15 is 0 Å². The lowest BCUT2D eigenvalue weighted by Crippen LogP contribution is -2.41. The standard InChI is InChI=1S/C38H74N2/c1-5-8-11-14-16-18-19-20-21-22-24-27-30-33-37(32-29-25-13-10-7-3)38-39-34-35-40(38)36(4)31-28-26-23-17-15-12-9-6-2/h34-37H,5-33H2,1-4H3/p+1.